The first-order valence-corrected chi connectivity index (χ1v) is 9.24. The van der Waals surface area contributed by atoms with Crippen molar-refractivity contribution in [1.29, 1.82) is 0 Å². The van der Waals surface area contributed by atoms with Crippen molar-refractivity contribution in [3.63, 3.8) is 0 Å². The number of urea groups is 1. The molecule has 0 spiro atoms. The second kappa shape index (κ2) is 8.87. The summed E-state index contributed by atoms with van der Waals surface area (Å²) in [6.07, 6.45) is 0. The molecule has 3 amide bonds. The van der Waals surface area contributed by atoms with Crippen LogP contribution in [0.3, 0.4) is 0 Å². The van der Waals surface area contributed by atoms with Crippen LogP contribution in [0.25, 0.3) is 0 Å². The van der Waals surface area contributed by atoms with E-state index >= 15 is 0 Å². The summed E-state index contributed by atoms with van der Waals surface area (Å²) in [7, 11) is 0. The molecule has 150 valence electrons. The molecule has 0 atom stereocenters. The highest BCUT2D eigenvalue weighted by atomic mass is 19.1. The van der Waals surface area contributed by atoms with Crippen molar-refractivity contribution in [2.45, 2.75) is 40.0 Å². The van der Waals surface area contributed by atoms with Crippen molar-refractivity contribution >= 4 is 17.6 Å². The van der Waals surface area contributed by atoms with Crippen molar-refractivity contribution in [1.82, 2.24) is 10.6 Å². The fourth-order valence-corrected chi connectivity index (χ4v) is 3.19. The van der Waals surface area contributed by atoms with E-state index < -0.39 is 11.4 Å². The van der Waals surface area contributed by atoms with E-state index in [-0.39, 0.29) is 24.8 Å². The van der Waals surface area contributed by atoms with Gasteiger partial charge in [-0.2, -0.15) is 0 Å². The van der Waals surface area contributed by atoms with Crippen LogP contribution in [-0.2, 0) is 10.2 Å². The van der Waals surface area contributed by atoms with Gasteiger partial charge in [0.05, 0.1) is 6.54 Å². The number of hydrogen-bond acceptors (Lipinski definition) is 2. The molecular weight excluding hydrogens is 357 g/mol. The minimum absolute atomic E-state index is 0.154. The summed E-state index contributed by atoms with van der Waals surface area (Å²) < 4.78 is 14.0. The average Bonchev–Trinajstić information content (AvgIpc) is 2.61. The van der Waals surface area contributed by atoms with E-state index in [0.29, 0.717) is 5.56 Å². The zero-order chi connectivity index (χ0) is 20.9. The van der Waals surface area contributed by atoms with Crippen LogP contribution >= 0.6 is 0 Å². The number of aryl methyl sites for hydroxylation is 3. The van der Waals surface area contributed by atoms with Crippen LogP contribution in [0.1, 0.15) is 36.1 Å². The number of rotatable bonds is 6. The van der Waals surface area contributed by atoms with E-state index in [1.807, 2.05) is 46.8 Å². The van der Waals surface area contributed by atoms with Gasteiger partial charge >= 0.3 is 6.03 Å². The average molecular weight is 385 g/mol. The summed E-state index contributed by atoms with van der Waals surface area (Å²) in [4.78, 5) is 24.2. The van der Waals surface area contributed by atoms with Crippen molar-refractivity contribution < 1.29 is 14.0 Å². The molecule has 0 aliphatic heterocycles. The van der Waals surface area contributed by atoms with Gasteiger partial charge < -0.3 is 16.0 Å². The van der Waals surface area contributed by atoms with E-state index in [0.717, 1.165) is 22.4 Å². The molecule has 2 aromatic rings. The third-order valence-corrected chi connectivity index (χ3v) is 4.64. The molecule has 0 saturated heterocycles. The van der Waals surface area contributed by atoms with Gasteiger partial charge in [0, 0.05) is 17.6 Å². The number of carbonyl (C=O) groups excluding carboxylic acids is 2. The molecule has 5 nitrogen and oxygen atoms in total. The number of anilines is 1. The van der Waals surface area contributed by atoms with Crippen LogP contribution in [0.15, 0.2) is 36.4 Å². The first-order chi connectivity index (χ1) is 13.1. The maximum absolute atomic E-state index is 14.0. The largest absolute Gasteiger partial charge is 0.337 e. The van der Waals surface area contributed by atoms with E-state index in [1.54, 1.807) is 18.2 Å². The summed E-state index contributed by atoms with van der Waals surface area (Å²) in [5.74, 6) is -0.614. The van der Waals surface area contributed by atoms with Crippen LogP contribution < -0.4 is 16.0 Å². The zero-order valence-electron chi connectivity index (χ0n) is 17.1. The lowest BCUT2D eigenvalue weighted by Crippen LogP contribution is -2.44. The zero-order valence-corrected chi connectivity index (χ0v) is 17.1. The monoisotopic (exact) mass is 385 g/mol. The number of hydrogen-bond donors (Lipinski definition) is 3. The molecule has 0 bridgehead atoms. The lowest BCUT2D eigenvalue weighted by atomic mass is 9.84. The molecule has 0 unspecified atom stereocenters. The normalized spacial score (nSPS) is 11.1. The Bertz CT molecular complexity index is 855. The second-order valence-corrected chi connectivity index (χ2v) is 7.72. The first kappa shape index (κ1) is 21.4. The smallest absolute Gasteiger partial charge is 0.315 e. The third kappa shape index (κ3) is 5.55. The summed E-state index contributed by atoms with van der Waals surface area (Å²) in [6, 6.07) is 10.0. The Morgan fingerprint density at radius 1 is 1.00 bits per heavy atom. The van der Waals surface area contributed by atoms with Crippen molar-refractivity contribution in [2.75, 3.05) is 18.4 Å². The molecule has 0 aliphatic carbocycles. The van der Waals surface area contributed by atoms with Gasteiger partial charge in [-0.05, 0) is 43.5 Å². The van der Waals surface area contributed by atoms with Crippen LogP contribution in [0.5, 0.6) is 0 Å². The molecule has 6 heteroatoms. The van der Waals surface area contributed by atoms with E-state index in [1.165, 1.54) is 6.07 Å². The molecule has 0 saturated carbocycles. The number of amides is 3. The molecule has 2 rings (SSSR count). The Labute approximate surface area is 165 Å². The van der Waals surface area contributed by atoms with Crippen LogP contribution in [-0.4, -0.2) is 25.0 Å². The maximum Gasteiger partial charge on any atom is 0.315 e. The number of nitrogens with one attached hydrogen (secondary N) is 3. The van der Waals surface area contributed by atoms with Gasteiger partial charge in [0.2, 0.25) is 5.91 Å². The topological polar surface area (TPSA) is 70.2 Å². The molecule has 3 N–H and O–H groups in total. The van der Waals surface area contributed by atoms with E-state index in [2.05, 4.69) is 16.0 Å². The molecule has 2 aromatic carbocycles. The van der Waals surface area contributed by atoms with Crippen molar-refractivity contribution in [2.24, 2.45) is 0 Å². The molecule has 0 radical (unpaired) electrons. The number of benzene rings is 2. The predicted molar refractivity (Wildman–Crippen MR) is 110 cm³/mol. The SMILES string of the molecule is Cc1cc(C)c(NC(=O)CNC(=O)NCC(C)(C)c2ccccc2F)c(C)c1. The first-order valence-electron chi connectivity index (χ1n) is 9.24. The van der Waals surface area contributed by atoms with Gasteiger partial charge in [-0.1, -0.05) is 49.7 Å². The quantitative estimate of drug-likeness (QED) is 0.704. The van der Waals surface area contributed by atoms with Crippen molar-refractivity contribution in [3.8, 4) is 0 Å². The highest BCUT2D eigenvalue weighted by Gasteiger charge is 2.24. The predicted octanol–water partition coefficient (Wildman–Crippen LogP) is 3.97. The minimum Gasteiger partial charge on any atom is -0.337 e. The fourth-order valence-electron chi connectivity index (χ4n) is 3.19. The summed E-state index contributed by atoms with van der Waals surface area (Å²) in [6.45, 7) is 9.64. The van der Waals surface area contributed by atoms with Gasteiger partial charge in [0.1, 0.15) is 5.82 Å². The third-order valence-electron chi connectivity index (χ3n) is 4.64. The number of carbonyl (C=O) groups is 2. The van der Waals surface area contributed by atoms with Crippen LogP contribution in [0, 0.1) is 26.6 Å². The van der Waals surface area contributed by atoms with Gasteiger partial charge in [0.15, 0.2) is 0 Å². The Morgan fingerprint density at radius 3 is 2.21 bits per heavy atom. The lowest BCUT2D eigenvalue weighted by molar-refractivity contribution is -0.115. The van der Waals surface area contributed by atoms with Crippen molar-refractivity contribution in [3.05, 3.63) is 64.5 Å². The summed E-state index contributed by atoms with van der Waals surface area (Å²) >= 11 is 0. The maximum atomic E-state index is 14.0. The Morgan fingerprint density at radius 2 is 1.61 bits per heavy atom. The second-order valence-electron chi connectivity index (χ2n) is 7.72. The molecule has 0 aromatic heterocycles. The Hall–Kier alpha value is -2.89. The summed E-state index contributed by atoms with van der Waals surface area (Å²) in [5, 5.41) is 8.07. The van der Waals surface area contributed by atoms with Crippen LogP contribution in [0.2, 0.25) is 0 Å². The Kier molecular flexibility index (Phi) is 6.78. The van der Waals surface area contributed by atoms with Gasteiger partial charge in [-0.25, -0.2) is 9.18 Å². The fraction of sp³-hybridized carbons (Fsp3) is 0.364. The molecule has 0 heterocycles. The molecule has 0 aliphatic rings. The van der Waals surface area contributed by atoms with Gasteiger partial charge in [-0.3, -0.25) is 4.79 Å². The molecule has 0 fully saturated rings. The highest BCUT2D eigenvalue weighted by Crippen LogP contribution is 2.25. The van der Waals surface area contributed by atoms with Gasteiger partial charge in [0.25, 0.3) is 0 Å². The molecular formula is C22H28FN3O2. The highest BCUT2D eigenvalue weighted by molar-refractivity contribution is 5.95. The molecule has 28 heavy (non-hydrogen) atoms. The minimum atomic E-state index is -0.582. The van der Waals surface area contributed by atoms with E-state index in [4.69, 9.17) is 0 Å². The lowest BCUT2D eigenvalue weighted by Gasteiger charge is -2.26. The summed E-state index contributed by atoms with van der Waals surface area (Å²) in [5.41, 5.74) is 3.78. The standard InChI is InChI=1S/C22H28FN3O2/c1-14-10-15(2)20(16(3)11-14)26-19(27)12-24-21(28)25-13-22(4,5)17-8-6-7-9-18(17)23/h6-11H,12-13H2,1-5H3,(H,26,27)(H2,24,25,28). The number of halogens is 1. The Balaban J connectivity index is 1.86. The van der Waals surface area contributed by atoms with Gasteiger partial charge in [-0.15, -0.1) is 0 Å². The van der Waals surface area contributed by atoms with E-state index in [9.17, 15) is 14.0 Å². The van der Waals surface area contributed by atoms with Crippen LogP contribution in [0.4, 0.5) is 14.9 Å².